The van der Waals surface area contributed by atoms with Crippen molar-refractivity contribution in [3.8, 4) is 0 Å². The summed E-state index contributed by atoms with van der Waals surface area (Å²) in [5, 5.41) is 0. The monoisotopic (exact) mass is 316 g/mol. The highest BCUT2D eigenvalue weighted by Crippen LogP contribution is 2.38. The number of rotatable bonds is 2. The zero-order chi connectivity index (χ0) is 13.4. The van der Waals surface area contributed by atoms with Crippen molar-refractivity contribution in [3.63, 3.8) is 0 Å². The molecule has 0 bridgehead atoms. The molecule has 0 aliphatic carbocycles. The van der Waals surface area contributed by atoms with Crippen LogP contribution in [0.1, 0.15) is 11.6 Å². The van der Waals surface area contributed by atoms with Crippen LogP contribution in [0.4, 0.5) is 5.69 Å². The number of anilines is 1. The van der Waals surface area contributed by atoms with Gasteiger partial charge in [-0.3, -0.25) is 4.79 Å². The molecule has 1 heterocycles. The molecule has 3 rings (SSSR count). The fraction of sp³-hybridized carbons (Fsp3) is 0.133. The number of hydrogen-bond acceptors (Lipinski definition) is 2. The lowest BCUT2D eigenvalue weighted by atomic mass is 9.88. The first-order chi connectivity index (χ1) is 9.18. The highest BCUT2D eigenvalue weighted by atomic mass is 79.9. The lowest BCUT2D eigenvalue weighted by Gasteiger charge is -2.45. The van der Waals surface area contributed by atoms with Gasteiger partial charge in [-0.15, -0.1) is 0 Å². The van der Waals surface area contributed by atoms with Gasteiger partial charge in [-0.25, -0.2) is 0 Å². The van der Waals surface area contributed by atoms with Gasteiger partial charge >= 0.3 is 0 Å². The average Bonchev–Trinajstić information content (AvgIpc) is 2.46. The first-order valence-electron chi connectivity index (χ1n) is 6.07. The second-order valence-electron chi connectivity index (χ2n) is 4.57. The van der Waals surface area contributed by atoms with E-state index in [2.05, 4.69) is 15.9 Å². The molecular weight excluding hydrogens is 304 g/mol. The third kappa shape index (κ3) is 2.07. The molecule has 1 saturated heterocycles. The molecule has 1 aliphatic heterocycles. The number of nitrogens with two attached hydrogens (primary N) is 1. The summed E-state index contributed by atoms with van der Waals surface area (Å²) >= 11 is 3.41. The van der Waals surface area contributed by atoms with Crippen LogP contribution in [0, 0.1) is 0 Å². The molecular formula is C15H13BrN2O. The van der Waals surface area contributed by atoms with Gasteiger partial charge in [0.1, 0.15) is 6.04 Å². The molecule has 2 aromatic rings. The van der Waals surface area contributed by atoms with Crippen LogP contribution in [-0.2, 0) is 4.79 Å². The van der Waals surface area contributed by atoms with Gasteiger partial charge in [-0.2, -0.15) is 0 Å². The third-order valence-electron chi connectivity index (χ3n) is 3.39. The summed E-state index contributed by atoms with van der Waals surface area (Å²) in [6.07, 6.45) is 0. The molecule has 1 aliphatic rings. The van der Waals surface area contributed by atoms with E-state index in [1.807, 2.05) is 54.6 Å². The first-order valence-corrected chi connectivity index (χ1v) is 6.87. The van der Waals surface area contributed by atoms with Crippen LogP contribution in [-0.4, -0.2) is 11.9 Å². The van der Waals surface area contributed by atoms with Crippen molar-refractivity contribution in [2.24, 2.45) is 5.73 Å². The van der Waals surface area contributed by atoms with Crippen molar-refractivity contribution in [1.82, 2.24) is 0 Å². The van der Waals surface area contributed by atoms with Gasteiger partial charge in [0.2, 0.25) is 5.91 Å². The standard InChI is InChI=1S/C15H13BrN2O/c16-11-8-6-10(7-9-11)14-13(17)15(19)18(14)12-4-2-1-3-5-12/h1-9,13-14H,17H2. The average molecular weight is 317 g/mol. The van der Waals surface area contributed by atoms with Crippen LogP contribution in [0.15, 0.2) is 59.1 Å². The largest absolute Gasteiger partial charge is 0.318 e. The van der Waals surface area contributed by atoms with Crippen molar-refractivity contribution in [3.05, 3.63) is 64.6 Å². The number of halogens is 1. The number of β-lactam (4-membered cyclic amide) rings is 1. The van der Waals surface area contributed by atoms with Crippen molar-refractivity contribution < 1.29 is 4.79 Å². The minimum atomic E-state index is -0.457. The molecule has 1 amide bonds. The molecule has 3 nitrogen and oxygen atoms in total. The van der Waals surface area contributed by atoms with Gasteiger partial charge in [0.25, 0.3) is 0 Å². The normalized spacial score (nSPS) is 22.2. The number of nitrogens with zero attached hydrogens (tertiary/aromatic N) is 1. The summed E-state index contributed by atoms with van der Waals surface area (Å²) in [7, 11) is 0. The molecule has 2 atom stereocenters. The highest BCUT2D eigenvalue weighted by Gasteiger charge is 2.46. The summed E-state index contributed by atoms with van der Waals surface area (Å²) in [6, 6.07) is 17.0. The number of benzene rings is 2. The second kappa shape index (κ2) is 4.79. The zero-order valence-electron chi connectivity index (χ0n) is 10.2. The van der Waals surface area contributed by atoms with Gasteiger partial charge < -0.3 is 10.6 Å². The quantitative estimate of drug-likeness (QED) is 0.866. The first kappa shape index (κ1) is 12.4. The fourth-order valence-electron chi connectivity index (χ4n) is 2.40. The lowest BCUT2D eigenvalue weighted by Crippen LogP contribution is -2.63. The van der Waals surface area contributed by atoms with E-state index in [1.54, 1.807) is 4.90 Å². The van der Waals surface area contributed by atoms with Crippen LogP contribution in [0.5, 0.6) is 0 Å². The molecule has 4 heteroatoms. The summed E-state index contributed by atoms with van der Waals surface area (Å²) in [5.41, 5.74) is 7.91. The Hall–Kier alpha value is -1.65. The molecule has 0 saturated carbocycles. The predicted molar refractivity (Wildman–Crippen MR) is 78.8 cm³/mol. The Balaban J connectivity index is 1.96. The Morgan fingerprint density at radius 3 is 2.26 bits per heavy atom. The van der Waals surface area contributed by atoms with Crippen molar-refractivity contribution in [2.75, 3.05) is 4.90 Å². The molecule has 0 spiro atoms. The maximum absolute atomic E-state index is 12.0. The van der Waals surface area contributed by atoms with E-state index in [4.69, 9.17) is 5.73 Å². The zero-order valence-corrected chi connectivity index (χ0v) is 11.7. The van der Waals surface area contributed by atoms with Gasteiger partial charge in [0.05, 0.1) is 6.04 Å². The number of hydrogen-bond donors (Lipinski definition) is 1. The molecule has 2 aromatic carbocycles. The number of carbonyl (C=O) groups excluding carboxylic acids is 1. The van der Waals surface area contributed by atoms with Gasteiger partial charge in [0.15, 0.2) is 0 Å². The van der Waals surface area contributed by atoms with Crippen LogP contribution >= 0.6 is 15.9 Å². The highest BCUT2D eigenvalue weighted by molar-refractivity contribution is 9.10. The van der Waals surface area contributed by atoms with Crippen LogP contribution in [0.2, 0.25) is 0 Å². The summed E-state index contributed by atoms with van der Waals surface area (Å²) in [5.74, 6) is -0.0286. The summed E-state index contributed by atoms with van der Waals surface area (Å²) in [6.45, 7) is 0. The van der Waals surface area contributed by atoms with E-state index in [0.717, 1.165) is 15.7 Å². The molecule has 2 unspecified atom stereocenters. The Labute approximate surface area is 120 Å². The Morgan fingerprint density at radius 2 is 1.63 bits per heavy atom. The smallest absolute Gasteiger partial charge is 0.247 e. The van der Waals surface area contributed by atoms with E-state index in [9.17, 15) is 4.79 Å². The molecule has 2 N–H and O–H groups in total. The molecule has 0 radical (unpaired) electrons. The maximum Gasteiger partial charge on any atom is 0.247 e. The van der Waals surface area contributed by atoms with Crippen molar-refractivity contribution in [1.29, 1.82) is 0 Å². The van der Waals surface area contributed by atoms with Crippen LogP contribution in [0.3, 0.4) is 0 Å². The minimum absolute atomic E-state index is 0.0286. The number of amides is 1. The van der Waals surface area contributed by atoms with Gasteiger partial charge in [-0.1, -0.05) is 46.3 Å². The number of carbonyl (C=O) groups is 1. The van der Waals surface area contributed by atoms with E-state index in [0.29, 0.717) is 0 Å². The summed E-state index contributed by atoms with van der Waals surface area (Å²) < 4.78 is 1.02. The van der Waals surface area contributed by atoms with Crippen molar-refractivity contribution >= 4 is 27.5 Å². The SMILES string of the molecule is NC1C(=O)N(c2ccccc2)C1c1ccc(Br)cc1. The Morgan fingerprint density at radius 1 is 1.00 bits per heavy atom. The minimum Gasteiger partial charge on any atom is -0.318 e. The Bertz CT molecular complexity index is 597. The second-order valence-corrected chi connectivity index (χ2v) is 5.48. The van der Waals surface area contributed by atoms with E-state index >= 15 is 0 Å². The van der Waals surface area contributed by atoms with E-state index in [1.165, 1.54) is 0 Å². The van der Waals surface area contributed by atoms with E-state index < -0.39 is 6.04 Å². The van der Waals surface area contributed by atoms with Gasteiger partial charge in [0, 0.05) is 10.2 Å². The third-order valence-corrected chi connectivity index (χ3v) is 3.92. The topological polar surface area (TPSA) is 46.3 Å². The van der Waals surface area contributed by atoms with Crippen molar-refractivity contribution in [2.45, 2.75) is 12.1 Å². The Kier molecular flexibility index (Phi) is 3.12. The molecule has 19 heavy (non-hydrogen) atoms. The molecule has 1 fully saturated rings. The van der Waals surface area contributed by atoms with Gasteiger partial charge in [-0.05, 0) is 29.8 Å². The van der Waals surface area contributed by atoms with Crippen LogP contribution < -0.4 is 10.6 Å². The number of para-hydroxylation sites is 1. The predicted octanol–water partition coefficient (Wildman–Crippen LogP) is 2.86. The maximum atomic E-state index is 12.0. The van der Waals surface area contributed by atoms with Crippen LogP contribution in [0.25, 0.3) is 0 Å². The lowest BCUT2D eigenvalue weighted by molar-refractivity contribution is -0.126. The summed E-state index contributed by atoms with van der Waals surface area (Å²) in [4.78, 5) is 13.8. The molecule has 96 valence electrons. The van der Waals surface area contributed by atoms with E-state index in [-0.39, 0.29) is 11.9 Å². The fourth-order valence-corrected chi connectivity index (χ4v) is 2.67. The molecule has 0 aromatic heterocycles.